The van der Waals surface area contributed by atoms with Crippen LogP contribution in [0.5, 0.6) is 0 Å². The number of benzene rings is 9. The van der Waals surface area contributed by atoms with Gasteiger partial charge in [0.2, 0.25) is 5.95 Å². The van der Waals surface area contributed by atoms with Gasteiger partial charge in [0.05, 0.1) is 44.5 Å². The third kappa shape index (κ3) is 5.25. The number of pyridine rings is 1. The Hall–Kier alpha value is -8.41. The summed E-state index contributed by atoms with van der Waals surface area (Å²) in [7, 11) is 0. The van der Waals surface area contributed by atoms with E-state index in [0.29, 0.717) is 5.95 Å². The predicted molar refractivity (Wildman–Crippen MR) is 257 cm³/mol. The second kappa shape index (κ2) is 13.6. The normalized spacial score (nSPS) is 11.9. The van der Waals surface area contributed by atoms with Crippen molar-refractivity contribution in [3.05, 3.63) is 212 Å². The number of hydrogen-bond donors (Lipinski definition) is 0. The average molecular weight is 790 g/mol. The number of fused-ring (bicyclic) bond motifs is 10. The summed E-state index contributed by atoms with van der Waals surface area (Å²) < 4.78 is 4.60. The molecule has 4 aromatic heterocycles. The zero-order chi connectivity index (χ0) is 40.7. The summed E-state index contributed by atoms with van der Waals surface area (Å²) in [5.41, 5.74) is 13.8. The van der Waals surface area contributed by atoms with Crippen LogP contribution in [0.3, 0.4) is 0 Å². The van der Waals surface area contributed by atoms with Gasteiger partial charge in [-0.15, -0.1) is 0 Å². The zero-order valence-electron chi connectivity index (χ0n) is 33.4. The highest BCUT2D eigenvalue weighted by Gasteiger charge is 2.20. The first-order chi connectivity index (χ1) is 30.7. The Morgan fingerprint density at radius 3 is 1.44 bits per heavy atom. The largest absolute Gasteiger partial charge is 0.309 e. The van der Waals surface area contributed by atoms with Crippen LogP contribution < -0.4 is 0 Å². The molecule has 0 saturated heterocycles. The van der Waals surface area contributed by atoms with Crippen LogP contribution in [0.2, 0.25) is 0 Å². The minimum absolute atomic E-state index is 0.654. The molecule has 0 bridgehead atoms. The van der Waals surface area contributed by atoms with Crippen molar-refractivity contribution in [1.29, 1.82) is 0 Å². The first-order valence-corrected chi connectivity index (χ1v) is 21.0. The van der Waals surface area contributed by atoms with E-state index < -0.39 is 0 Å². The van der Waals surface area contributed by atoms with Crippen LogP contribution in [0.25, 0.3) is 121 Å². The number of hydrogen-bond acceptors (Lipinski definition) is 3. The molecule has 4 heterocycles. The topological polar surface area (TPSA) is 48.5 Å². The molecule has 0 fully saturated rings. The van der Waals surface area contributed by atoms with Crippen molar-refractivity contribution in [1.82, 2.24) is 24.1 Å². The Balaban J connectivity index is 1.01. The van der Waals surface area contributed by atoms with Crippen molar-refractivity contribution in [2.75, 3.05) is 0 Å². The molecular weight excluding hydrogens is 755 g/mol. The summed E-state index contributed by atoms with van der Waals surface area (Å²) >= 11 is 0. The van der Waals surface area contributed by atoms with Gasteiger partial charge in [0.15, 0.2) is 0 Å². The van der Waals surface area contributed by atoms with Crippen LogP contribution in [0, 0.1) is 0 Å². The Morgan fingerprint density at radius 2 is 0.726 bits per heavy atom. The van der Waals surface area contributed by atoms with E-state index in [1.165, 1.54) is 21.5 Å². The van der Waals surface area contributed by atoms with Gasteiger partial charge in [0.25, 0.3) is 0 Å². The Morgan fingerprint density at radius 1 is 0.258 bits per heavy atom. The third-order valence-corrected chi connectivity index (χ3v) is 12.5. The SMILES string of the molecule is c1ccc(-c2nc(-n3c4ccccc4c4cc(-c5ccc6c(c5)c5cc(-c7nc8ccccc8c8ccccc78)ccc5n6-c5ccccc5)ccc43)nc3ccccc23)cc1. The molecule has 0 N–H and O–H groups in total. The first kappa shape index (κ1) is 34.5. The van der Waals surface area contributed by atoms with Gasteiger partial charge in [0.1, 0.15) is 0 Å². The van der Waals surface area contributed by atoms with Crippen molar-refractivity contribution in [3.63, 3.8) is 0 Å². The lowest BCUT2D eigenvalue weighted by atomic mass is 9.98. The maximum atomic E-state index is 5.29. The fraction of sp³-hybridized carbons (Fsp3) is 0. The molecule has 288 valence electrons. The molecule has 13 rings (SSSR count). The zero-order valence-corrected chi connectivity index (χ0v) is 33.4. The molecule has 0 atom stereocenters. The maximum Gasteiger partial charge on any atom is 0.235 e. The van der Waals surface area contributed by atoms with E-state index in [4.69, 9.17) is 15.0 Å². The van der Waals surface area contributed by atoms with E-state index in [9.17, 15) is 0 Å². The van der Waals surface area contributed by atoms with E-state index in [0.717, 1.165) is 94.0 Å². The fourth-order valence-corrected chi connectivity index (χ4v) is 9.68. The fourth-order valence-electron chi connectivity index (χ4n) is 9.68. The molecule has 62 heavy (non-hydrogen) atoms. The lowest BCUT2D eigenvalue weighted by molar-refractivity contribution is 1.01. The summed E-state index contributed by atoms with van der Waals surface area (Å²) in [5.74, 6) is 0.654. The average Bonchev–Trinajstić information content (AvgIpc) is 3.85. The second-order valence-corrected chi connectivity index (χ2v) is 16.0. The minimum Gasteiger partial charge on any atom is -0.309 e. The van der Waals surface area contributed by atoms with Gasteiger partial charge in [-0.2, -0.15) is 0 Å². The van der Waals surface area contributed by atoms with E-state index in [2.05, 4.69) is 209 Å². The molecule has 13 aromatic rings. The van der Waals surface area contributed by atoms with E-state index in [1.807, 2.05) is 12.1 Å². The van der Waals surface area contributed by atoms with Crippen LogP contribution in [0.1, 0.15) is 0 Å². The van der Waals surface area contributed by atoms with Gasteiger partial charge < -0.3 is 4.57 Å². The van der Waals surface area contributed by atoms with E-state index in [-0.39, 0.29) is 0 Å². The highest BCUT2D eigenvalue weighted by atomic mass is 15.2. The number of nitrogens with zero attached hydrogens (tertiary/aromatic N) is 5. The molecule has 0 saturated carbocycles. The van der Waals surface area contributed by atoms with Gasteiger partial charge in [0, 0.05) is 54.5 Å². The lowest BCUT2D eigenvalue weighted by Crippen LogP contribution is -2.03. The number of rotatable bonds is 5. The maximum absolute atomic E-state index is 5.29. The molecule has 0 spiro atoms. The Bertz CT molecular complexity index is 3920. The third-order valence-electron chi connectivity index (χ3n) is 12.5. The number of aromatic nitrogens is 5. The van der Waals surface area contributed by atoms with Crippen molar-refractivity contribution >= 4 is 76.2 Å². The Labute approximate surface area is 356 Å². The second-order valence-electron chi connectivity index (χ2n) is 16.0. The van der Waals surface area contributed by atoms with Gasteiger partial charge >= 0.3 is 0 Å². The summed E-state index contributed by atoms with van der Waals surface area (Å²) in [6, 6.07) is 75.6. The van der Waals surface area contributed by atoms with Crippen LogP contribution in [-0.2, 0) is 0 Å². The van der Waals surface area contributed by atoms with Crippen molar-refractivity contribution in [2.24, 2.45) is 0 Å². The lowest BCUT2D eigenvalue weighted by Gasteiger charge is -2.12. The van der Waals surface area contributed by atoms with E-state index in [1.54, 1.807) is 0 Å². The van der Waals surface area contributed by atoms with Crippen LogP contribution in [0.4, 0.5) is 0 Å². The quantitative estimate of drug-likeness (QED) is 0.163. The highest BCUT2D eigenvalue weighted by molar-refractivity contribution is 6.15. The van der Waals surface area contributed by atoms with Crippen LogP contribution in [-0.4, -0.2) is 24.1 Å². The van der Waals surface area contributed by atoms with Crippen molar-refractivity contribution < 1.29 is 0 Å². The highest BCUT2D eigenvalue weighted by Crippen LogP contribution is 2.41. The van der Waals surface area contributed by atoms with Crippen LogP contribution >= 0.6 is 0 Å². The molecule has 0 radical (unpaired) electrons. The minimum atomic E-state index is 0.654. The molecule has 9 aromatic carbocycles. The van der Waals surface area contributed by atoms with Gasteiger partial charge in [-0.1, -0.05) is 146 Å². The summed E-state index contributed by atoms with van der Waals surface area (Å²) in [6.07, 6.45) is 0. The molecule has 0 aliphatic heterocycles. The van der Waals surface area contributed by atoms with Gasteiger partial charge in [-0.05, 0) is 83.2 Å². The summed E-state index contributed by atoms with van der Waals surface area (Å²) in [6.45, 7) is 0. The molecule has 5 nitrogen and oxygen atoms in total. The van der Waals surface area contributed by atoms with Crippen molar-refractivity contribution in [2.45, 2.75) is 0 Å². The molecule has 0 aliphatic carbocycles. The van der Waals surface area contributed by atoms with Crippen LogP contribution in [0.15, 0.2) is 212 Å². The van der Waals surface area contributed by atoms with Gasteiger partial charge in [-0.25, -0.2) is 15.0 Å². The predicted octanol–water partition coefficient (Wildman–Crippen LogP) is 14.5. The van der Waals surface area contributed by atoms with Gasteiger partial charge in [-0.3, -0.25) is 4.57 Å². The molecule has 0 aliphatic rings. The smallest absolute Gasteiger partial charge is 0.235 e. The summed E-state index contributed by atoms with van der Waals surface area (Å²) in [4.78, 5) is 15.8. The Kier molecular flexibility index (Phi) is 7.54. The summed E-state index contributed by atoms with van der Waals surface area (Å²) in [5, 5.41) is 9.24. The molecule has 0 unspecified atom stereocenters. The molecule has 0 amide bonds. The number of para-hydroxylation sites is 4. The first-order valence-electron chi connectivity index (χ1n) is 21.0. The molecular formula is C57H35N5. The van der Waals surface area contributed by atoms with E-state index >= 15 is 0 Å². The van der Waals surface area contributed by atoms with Crippen molar-refractivity contribution in [3.8, 4) is 45.3 Å². The standard InChI is InChI=1S/C57H35N5/c1-3-15-36(16-4-1)55-45-23-10-13-25-50(45)59-57(60-55)62-51-26-14-11-21-43(51)46-33-37(28-31-54(46)62)38-27-30-52-47(34-38)48-35-39(29-32-53(48)61(52)40-17-5-2-6-18-40)56-44-22-8-7-19-41(44)42-20-9-12-24-49(42)58-56/h1-35H. The monoisotopic (exact) mass is 789 g/mol. The molecule has 5 heteroatoms.